The predicted molar refractivity (Wildman–Crippen MR) is 109 cm³/mol. The quantitative estimate of drug-likeness (QED) is 0.587. The maximum absolute atomic E-state index is 13.3. The number of carbonyl (C=O) groups excluding carboxylic acids is 1. The Morgan fingerprint density at radius 3 is 2.75 bits per heavy atom. The van der Waals surface area contributed by atoms with Gasteiger partial charge in [0.1, 0.15) is 18.1 Å². The first-order valence-corrected chi connectivity index (χ1v) is 9.28. The van der Waals surface area contributed by atoms with E-state index in [1.807, 2.05) is 61.5 Å². The molecular formula is C23H22N2O3. The molecule has 28 heavy (non-hydrogen) atoms. The number of ether oxygens (including phenoxy) is 2. The molecule has 0 N–H and O–H groups in total. The highest BCUT2D eigenvalue weighted by Crippen LogP contribution is 2.36. The molecule has 142 valence electrons. The van der Waals surface area contributed by atoms with Crippen molar-refractivity contribution >= 4 is 17.7 Å². The first kappa shape index (κ1) is 18.2. The lowest BCUT2D eigenvalue weighted by molar-refractivity contribution is -0.133. The SMILES string of the molecule is C=CCOc1ccccc1/C=C1\N=C(C)[C@@H]2CO[C@H](c3ccccc3)N2C1=O. The van der Waals surface area contributed by atoms with Gasteiger partial charge in [-0.25, -0.2) is 0 Å². The summed E-state index contributed by atoms with van der Waals surface area (Å²) in [6, 6.07) is 17.2. The minimum Gasteiger partial charge on any atom is -0.489 e. The molecule has 1 fully saturated rings. The highest BCUT2D eigenvalue weighted by Gasteiger charge is 2.43. The molecular weight excluding hydrogens is 352 g/mol. The third-order valence-electron chi connectivity index (χ3n) is 4.89. The predicted octanol–water partition coefficient (Wildman–Crippen LogP) is 3.99. The second kappa shape index (κ2) is 7.82. The van der Waals surface area contributed by atoms with Gasteiger partial charge in [0.25, 0.3) is 5.91 Å². The summed E-state index contributed by atoms with van der Waals surface area (Å²) in [6.07, 6.45) is 3.06. The van der Waals surface area contributed by atoms with Crippen LogP contribution in [-0.4, -0.2) is 35.8 Å². The Balaban J connectivity index is 1.70. The molecule has 5 heteroatoms. The van der Waals surface area contributed by atoms with Crippen LogP contribution in [0.4, 0.5) is 0 Å². The van der Waals surface area contributed by atoms with E-state index < -0.39 is 6.23 Å². The van der Waals surface area contributed by atoms with Crippen molar-refractivity contribution in [3.63, 3.8) is 0 Å². The Morgan fingerprint density at radius 2 is 1.96 bits per heavy atom. The van der Waals surface area contributed by atoms with Crippen LogP contribution in [0.25, 0.3) is 6.08 Å². The van der Waals surface area contributed by atoms with Gasteiger partial charge in [-0.1, -0.05) is 61.2 Å². The summed E-state index contributed by atoms with van der Waals surface area (Å²) >= 11 is 0. The van der Waals surface area contributed by atoms with Gasteiger partial charge in [0.05, 0.1) is 12.6 Å². The van der Waals surface area contributed by atoms with Gasteiger partial charge >= 0.3 is 0 Å². The molecule has 0 aliphatic carbocycles. The molecule has 0 saturated carbocycles. The van der Waals surface area contributed by atoms with Crippen molar-refractivity contribution < 1.29 is 14.3 Å². The molecule has 0 unspecified atom stereocenters. The lowest BCUT2D eigenvalue weighted by Crippen LogP contribution is -2.45. The second-order valence-corrected chi connectivity index (χ2v) is 6.74. The lowest BCUT2D eigenvalue weighted by Gasteiger charge is -2.32. The largest absolute Gasteiger partial charge is 0.489 e. The van der Waals surface area contributed by atoms with E-state index in [9.17, 15) is 4.79 Å². The van der Waals surface area contributed by atoms with E-state index in [4.69, 9.17) is 9.47 Å². The molecule has 2 heterocycles. The number of amides is 1. The molecule has 0 bridgehead atoms. The van der Waals surface area contributed by atoms with Crippen LogP contribution in [0, 0.1) is 0 Å². The van der Waals surface area contributed by atoms with Crippen molar-refractivity contribution in [2.75, 3.05) is 13.2 Å². The van der Waals surface area contributed by atoms with Crippen LogP contribution in [0.15, 0.2) is 77.9 Å². The summed E-state index contributed by atoms with van der Waals surface area (Å²) in [5, 5.41) is 0. The van der Waals surface area contributed by atoms with Crippen LogP contribution in [0.3, 0.4) is 0 Å². The standard InChI is InChI=1S/C23H22N2O3/c1-3-13-27-21-12-8-7-11-18(21)14-19-22(26)25-20(16(2)24-19)15-28-23(25)17-9-5-4-6-10-17/h3-12,14,20,23H,1,13,15H2,2H3/b19-14-/t20-,23+/m0/s1. The van der Waals surface area contributed by atoms with Gasteiger partial charge in [0, 0.05) is 16.8 Å². The van der Waals surface area contributed by atoms with E-state index in [1.165, 1.54) is 0 Å². The van der Waals surface area contributed by atoms with E-state index >= 15 is 0 Å². The molecule has 2 aliphatic rings. The minimum atomic E-state index is -0.403. The van der Waals surface area contributed by atoms with Crippen LogP contribution in [0.1, 0.15) is 24.3 Å². The molecule has 2 aliphatic heterocycles. The van der Waals surface area contributed by atoms with Crippen molar-refractivity contribution in [3.8, 4) is 5.75 Å². The molecule has 0 aromatic heterocycles. The molecule has 2 aromatic carbocycles. The number of benzene rings is 2. The monoisotopic (exact) mass is 374 g/mol. The molecule has 0 radical (unpaired) electrons. The van der Waals surface area contributed by atoms with Gasteiger partial charge in [-0.3, -0.25) is 14.7 Å². The number of carbonyl (C=O) groups is 1. The number of hydrogen-bond acceptors (Lipinski definition) is 4. The summed E-state index contributed by atoms with van der Waals surface area (Å²) in [4.78, 5) is 19.6. The zero-order valence-electron chi connectivity index (χ0n) is 15.7. The Bertz CT molecular complexity index is 949. The van der Waals surface area contributed by atoms with Gasteiger partial charge < -0.3 is 9.47 Å². The van der Waals surface area contributed by atoms with Crippen molar-refractivity contribution in [1.82, 2.24) is 4.90 Å². The number of aliphatic imine (C=N–C) groups is 1. The van der Waals surface area contributed by atoms with Gasteiger partial charge in [-0.15, -0.1) is 0 Å². The Labute approximate surface area is 164 Å². The molecule has 2 atom stereocenters. The van der Waals surface area contributed by atoms with Crippen LogP contribution in [-0.2, 0) is 9.53 Å². The molecule has 5 nitrogen and oxygen atoms in total. The second-order valence-electron chi connectivity index (χ2n) is 6.74. The fraction of sp³-hybridized carbons (Fsp3) is 0.217. The lowest BCUT2D eigenvalue weighted by atomic mass is 10.1. The molecule has 1 amide bonds. The van der Waals surface area contributed by atoms with Gasteiger partial charge in [0.2, 0.25) is 0 Å². The fourth-order valence-electron chi connectivity index (χ4n) is 3.52. The third kappa shape index (κ3) is 3.37. The average Bonchev–Trinajstić information content (AvgIpc) is 3.18. The summed E-state index contributed by atoms with van der Waals surface area (Å²) in [7, 11) is 0. The topological polar surface area (TPSA) is 51.1 Å². The first-order chi connectivity index (χ1) is 13.7. The highest BCUT2D eigenvalue weighted by molar-refractivity contribution is 6.07. The number of para-hydroxylation sites is 1. The van der Waals surface area contributed by atoms with E-state index in [0.717, 1.165) is 16.8 Å². The fourth-order valence-corrected chi connectivity index (χ4v) is 3.52. The Kier molecular flexibility index (Phi) is 5.08. The van der Waals surface area contributed by atoms with E-state index in [1.54, 1.807) is 17.1 Å². The molecule has 2 aromatic rings. The van der Waals surface area contributed by atoms with Crippen molar-refractivity contribution in [2.24, 2.45) is 4.99 Å². The maximum atomic E-state index is 13.3. The Hall–Kier alpha value is -3.18. The van der Waals surface area contributed by atoms with Crippen LogP contribution in [0.2, 0.25) is 0 Å². The van der Waals surface area contributed by atoms with Crippen LogP contribution >= 0.6 is 0 Å². The zero-order chi connectivity index (χ0) is 19.5. The number of hydrogen-bond donors (Lipinski definition) is 0. The van der Waals surface area contributed by atoms with Gasteiger partial charge in [0.15, 0.2) is 6.23 Å². The molecule has 0 spiro atoms. The summed E-state index contributed by atoms with van der Waals surface area (Å²) in [5.74, 6) is 0.551. The number of rotatable bonds is 5. The smallest absolute Gasteiger partial charge is 0.275 e. The van der Waals surface area contributed by atoms with Crippen molar-refractivity contribution in [1.29, 1.82) is 0 Å². The third-order valence-corrected chi connectivity index (χ3v) is 4.89. The summed E-state index contributed by atoms with van der Waals surface area (Å²) in [5.41, 5.74) is 3.02. The van der Waals surface area contributed by atoms with Gasteiger partial charge in [-0.2, -0.15) is 0 Å². The van der Waals surface area contributed by atoms with Crippen molar-refractivity contribution in [3.05, 3.63) is 84.1 Å². The zero-order valence-corrected chi connectivity index (χ0v) is 15.7. The molecule has 4 rings (SSSR count). The highest BCUT2D eigenvalue weighted by atomic mass is 16.5. The maximum Gasteiger partial charge on any atom is 0.275 e. The van der Waals surface area contributed by atoms with Crippen molar-refractivity contribution in [2.45, 2.75) is 19.2 Å². The van der Waals surface area contributed by atoms with Gasteiger partial charge in [-0.05, 0) is 19.1 Å². The summed E-state index contributed by atoms with van der Waals surface area (Å²) < 4.78 is 11.7. The number of nitrogens with zero attached hydrogens (tertiary/aromatic N) is 2. The summed E-state index contributed by atoms with van der Waals surface area (Å²) in [6.45, 7) is 6.47. The van der Waals surface area contributed by atoms with E-state index in [-0.39, 0.29) is 11.9 Å². The molecule has 1 saturated heterocycles. The van der Waals surface area contributed by atoms with Crippen LogP contribution in [0.5, 0.6) is 5.75 Å². The average molecular weight is 374 g/mol. The normalized spacial score (nSPS) is 22.8. The minimum absolute atomic E-state index is 0.137. The van der Waals surface area contributed by atoms with Crippen LogP contribution < -0.4 is 4.74 Å². The first-order valence-electron chi connectivity index (χ1n) is 9.28. The Morgan fingerprint density at radius 1 is 1.21 bits per heavy atom. The van der Waals surface area contributed by atoms with E-state index in [2.05, 4.69) is 11.6 Å². The van der Waals surface area contributed by atoms with E-state index in [0.29, 0.717) is 24.7 Å². The number of fused-ring (bicyclic) bond motifs is 1.